The van der Waals surface area contributed by atoms with E-state index in [1.165, 1.54) is 5.56 Å². The van der Waals surface area contributed by atoms with Crippen molar-refractivity contribution in [3.63, 3.8) is 0 Å². The highest BCUT2D eigenvalue weighted by molar-refractivity contribution is 5.74. The van der Waals surface area contributed by atoms with Crippen LogP contribution in [0.4, 0.5) is 4.79 Å². The molecule has 1 atom stereocenters. The van der Waals surface area contributed by atoms with Gasteiger partial charge in [0.25, 0.3) is 0 Å². The zero-order valence-corrected chi connectivity index (χ0v) is 16.3. The van der Waals surface area contributed by atoms with E-state index in [1.54, 1.807) is 13.3 Å². The van der Waals surface area contributed by atoms with Crippen LogP contribution in [0.2, 0.25) is 0 Å². The average Bonchev–Trinajstić information content (AvgIpc) is 2.74. The van der Waals surface area contributed by atoms with Crippen LogP contribution in [-0.4, -0.2) is 48.8 Å². The molecular formula is C22H27N3O3. The van der Waals surface area contributed by atoms with Crippen LogP contribution in [0.25, 0.3) is 0 Å². The topological polar surface area (TPSA) is 63.7 Å². The third-order valence-electron chi connectivity index (χ3n) is 5.65. The van der Waals surface area contributed by atoms with E-state index in [1.807, 2.05) is 35.4 Å². The number of nitrogens with one attached hydrogen (secondary N) is 1. The number of rotatable bonds is 4. The molecule has 1 N–H and O–H groups in total. The van der Waals surface area contributed by atoms with Crippen LogP contribution in [0, 0.1) is 5.92 Å². The van der Waals surface area contributed by atoms with Crippen LogP contribution in [0.5, 0.6) is 11.5 Å². The molecule has 1 saturated heterocycles. The third-order valence-corrected chi connectivity index (χ3v) is 5.65. The number of methoxy groups -OCH3 is 1. The van der Waals surface area contributed by atoms with E-state index in [2.05, 4.69) is 16.4 Å². The van der Waals surface area contributed by atoms with Gasteiger partial charge in [0.05, 0.1) is 13.2 Å². The molecule has 0 saturated carbocycles. The number of piperidine rings is 1. The second kappa shape index (κ2) is 8.50. The molecule has 2 aliphatic rings. The highest BCUT2D eigenvalue weighted by Crippen LogP contribution is 2.34. The van der Waals surface area contributed by atoms with E-state index in [0.29, 0.717) is 12.5 Å². The Hall–Kier alpha value is -2.76. The molecule has 1 unspecified atom stereocenters. The maximum Gasteiger partial charge on any atom is 0.317 e. The first-order valence-corrected chi connectivity index (χ1v) is 9.96. The summed E-state index contributed by atoms with van der Waals surface area (Å²) in [5, 5.41) is 3.14. The van der Waals surface area contributed by atoms with Gasteiger partial charge in [-0.2, -0.15) is 0 Å². The Kier molecular flexibility index (Phi) is 5.65. The highest BCUT2D eigenvalue weighted by Gasteiger charge is 2.27. The van der Waals surface area contributed by atoms with E-state index in [-0.39, 0.29) is 12.1 Å². The lowest BCUT2D eigenvalue weighted by Crippen LogP contribution is -2.51. The molecule has 1 aromatic carbocycles. The lowest BCUT2D eigenvalue weighted by molar-refractivity contribution is 0.158. The number of carbonyl (C=O) groups is 1. The molecule has 6 nitrogen and oxygen atoms in total. The molecule has 2 amide bonds. The van der Waals surface area contributed by atoms with E-state index < -0.39 is 0 Å². The Morgan fingerprint density at radius 3 is 2.89 bits per heavy atom. The van der Waals surface area contributed by atoms with Crippen molar-refractivity contribution in [1.82, 2.24) is 15.2 Å². The summed E-state index contributed by atoms with van der Waals surface area (Å²) in [5.74, 6) is 2.16. The molecule has 3 heterocycles. The predicted octanol–water partition coefficient (Wildman–Crippen LogP) is 3.06. The molecule has 0 aliphatic carbocycles. The number of carbonyl (C=O) groups excluding carboxylic acids is 1. The van der Waals surface area contributed by atoms with Gasteiger partial charge in [-0.3, -0.25) is 4.98 Å². The molecule has 2 aromatic rings. The Morgan fingerprint density at radius 1 is 1.29 bits per heavy atom. The number of ether oxygens (including phenoxy) is 2. The third kappa shape index (κ3) is 4.21. The molecule has 6 heteroatoms. The molecule has 148 valence electrons. The van der Waals surface area contributed by atoms with E-state index in [0.717, 1.165) is 55.8 Å². The number of amides is 2. The largest absolute Gasteiger partial charge is 0.493 e. The maximum absolute atomic E-state index is 12.7. The molecule has 0 spiro atoms. The number of aromatic nitrogens is 1. The minimum atomic E-state index is -0.0137. The molecule has 0 radical (unpaired) electrons. The number of para-hydroxylation sites is 1. The number of hydrogen-bond donors (Lipinski definition) is 1. The summed E-state index contributed by atoms with van der Waals surface area (Å²) >= 11 is 0. The average molecular weight is 381 g/mol. The SMILES string of the molecule is COc1cccc2c1OCC(NC(=O)N1CCC(Cc3cccnc3)CC1)C2. The molecule has 4 rings (SSSR count). The summed E-state index contributed by atoms with van der Waals surface area (Å²) in [5.41, 5.74) is 2.35. The first-order chi connectivity index (χ1) is 13.7. The predicted molar refractivity (Wildman–Crippen MR) is 107 cm³/mol. The standard InChI is InChI=1S/C22H27N3O3/c1-27-20-6-2-5-18-13-19(15-28-21(18)20)24-22(26)25-10-7-16(8-11-25)12-17-4-3-9-23-14-17/h2-6,9,14,16,19H,7-8,10-13,15H2,1H3,(H,24,26). The van der Waals surface area contributed by atoms with Gasteiger partial charge in [0.2, 0.25) is 0 Å². The number of urea groups is 1. The lowest BCUT2D eigenvalue weighted by atomic mass is 9.91. The molecule has 1 fully saturated rings. The van der Waals surface area contributed by atoms with Crippen molar-refractivity contribution in [2.24, 2.45) is 5.92 Å². The summed E-state index contributed by atoms with van der Waals surface area (Å²) in [4.78, 5) is 18.8. The van der Waals surface area contributed by atoms with Gasteiger partial charge in [0.1, 0.15) is 6.61 Å². The zero-order chi connectivity index (χ0) is 19.3. The fourth-order valence-electron chi connectivity index (χ4n) is 4.11. The van der Waals surface area contributed by atoms with Crippen molar-refractivity contribution in [3.8, 4) is 11.5 Å². The summed E-state index contributed by atoms with van der Waals surface area (Å²) in [7, 11) is 1.64. The maximum atomic E-state index is 12.7. The molecular weight excluding hydrogens is 354 g/mol. The summed E-state index contributed by atoms with van der Waals surface area (Å²) in [6.45, 7) is 2.07. The van der Waals surface area contributed by atoms with Crippen LogP contribution in [-0.2, 0) is 12.8 Å². The summed E-state index contributed by atoms with van der Waals surface area (Å²) in [6.07, 6.45) is 7.61. The first-order valence-electron chi connectivity index (χ1n) is 9.96. The van der Waals surface area contributed by atoms with Crippen molar-refractivity contribution in [1.29, 1.82) is 0 Å². The van der Waals surface area contributed by atoms with Gasteiger partial charge < -0.3 is 19.7 Å². The monoisotopic (exact) mass is 381 g/mol. The van der Waals surface area contributed by atoms with Crippen molar-refractivity contribution < 1.29 is 14.3 Å². The van der Waals surface area contributed by atoms with Gasteiger partial charge in [-0.05, 0) is 49.3 Å². The van der Waals surface area contributed by atoms with Crippen LogP contribution in [0.15, 0.2) is 42.7 Å². The zero-order valence-electron chi connectivity index (χ0n) is 16.3. The highest BCUT2D eigenvalue weighted by atomic mass is 16.5. The minimum absolute atomic E-state index is 0.0137. The number of likely N-dealkylation sites (tertiary alicyclic amines) is 1. The van der Waals surface area contributed by atoms with Crippen molar-refractivity contribution in [3.05, 3.63) is 53.9 Å². The quantitative estimate of drug-likeness (QED) is 0.884. The first kappa shape index (κ1) is 18.6. The number of fused-ring (bicyclic) bond motifs is 1. The van der Waals surface area contributed by atoms with E-state index >= 15 is 0 Å². The molecule has 0 bridgehead atoms. The molecule has 2 aliphatic heterocycles. The van der Waals surface area contributed by atoms with Gasteiger partial charge in [0, 0.05) is 31.0 Å². The van der Waals surface area contributed by atoms with E-state index in [9.17, 15) is 4.79 Å². The van der Waals surface area contributed by atoms with Gasteiger partial charge in [-0.15, -0.1) is 0 Å². The van der Waals surface area contributed by atoms with Gasteiger partial charge in [0.15, 0.2) is 11.5 Å². The van der Waals surface area contributed by atoms with Crippen molar-refractivity contribution >= 4 is 6.03 Å². The minimum Gasteiger partial charge on any atom is -0.493 e. The van der Waals surface area contributed by atoms with Crippen LogP contribution in [0.1, 0.15) is 24.0 Å². The van der Waals surface area contributed by atoms with Crippen molar-refractivity contribution in [2.45, 2.75) is 31.7 Å². The van der Waals surface area contributed by atoms with Gasteiger partial charge in [-0.25, -0.2) is 4.79 Å². The fourth-order valence-corrected chi connectivity index (χ4v) is 4.11. The number of pyridine rings is 1. The summed E-state index contributed by atoms with van der Waals surface area (Å²) < 4.78 is 11.2. The smallest absolute Gasteiger partial charge is 0.317 e. The van der Waals surface area contributed by atoms with Gasteiger partial charge in [-0.1, -0.05) is 18.2 Å². The molecule has 28 heavy (non-hydrogen) atoms. The number of benzene rings is 1. The Bertz CT molecular complexity index is 804. The fraction of sp³-hybridized carbons (Fsp3) is 0.455. The Balaban J connectivity index is 1.27. The number of nitrogens with zero attached hydrogens (tertiary/aromatic N) is 2. The molecule has 1 aromatic heterocycles. The normalized spacial score (nSPS) is 19.5. The second-order valence-electron chi connectivity index (χ2n) is 7.61. The second-order valence-corrected chi connectivity index (χ2v) is 7.61. The van der Waals surface area contributed by atoms with Crippen molar-refractivity contribution in [2.75, 3.05) is 26.8 Å². The van der Waals surface area contributed by atoms with Gasteiger partial charge >= 0.3 is 6.03 Å². The Labute approximate surface area is 165 Å². The summed E-state index contributed by atoms with van der Waals surface area (Å²) in [6, 6.07) is 9.99. The van der Waals surface area contributed by atoms with Crippen LogP contribution >= 0.6 is 0 Å². The van der Waals surface area contributed by atoms with Crippen LogP contribution < -0.4 is 14.8 Å². The Morgan fingerprint density at radius 2 is 2.14 bits per heavy atom. The van der Waals surface area contributed by atoms with Crippen LogP contribution in [0.3, 0.4) is 0 Å². The number of hydrogen-bond acceptors (Lipinski definition) is 4. The van der Waals surface area contributed by atoms with E-state index in [4.69, 9.17) is 9.47 Å². The lowest BCUT2D eigenvalue weighted by Gasteiger charge is -2.34.